The topological polar surface area (TPSA) is 71.0 Å². The molecule has 1 N–H and O–H groups in total. The van der Waals surface area contributed by atoms with Crippen molar-refractivity contribution < 1.29 is 14.3 Å². The zero-order chi connectivity index (χ0) is 18.6. The van der Waals surface area contributed by atoms with Gasteiger partial charge in [-0.05, 0) is 24.6 Å². The first-order valence-electron chi connectivity index (χ1n) is 7.98. The fraction of sp³-hybridized carbons (Fsp3) is 0.150. The molecule has 6 nitrogen and oxygen atoms in total. The predicted molar refractivity (Wildman–Crippen MR) is 97.5 cm³/mol. The van der Waals surface area contributed by atoms with E-state index in [1.54, 1.807) is 43.3 Å². The molecule has 0 radical (unpaired) electrons. The Bertz CT molecular complexity index is 902. The largest absolute Gasteiger partial charge is 0.480 e. The van der Waals surface area contributed by atoms with Gasteiger partial charge >= 0.3 is 6.03 Å². The van der Waals surface area contributed by atoms with Gasteiger partial charge in [0, 0.05) is 5.56 Å². The number of carbonyl (C=O) groups is 2. The maximum atomic E-state index is 12.8. The quantitative estimate of drug-likeness (QED) is 0.513. The van der Waals surface area contributed by atoms with Crippen LogP contribution in [0.4, 0.5) is 4.79 Å². The molecule has 3 rings (SSSR count). The maximum Gasteiger partial charge on any atom is 0.346 e. The summed E-state index contributed by atoms with van der Waals surface area (Å²) < 4.78 is 5.43. The van der Waals surface area contributed by atoms with Crippen LogP contribution < -0.4 is 10.1 Å². The Morgan fingerprint density at radius 3 is 2.62 bits per heavy atom. The fourth-order valence-electron chi connectivity index (χ4n) is 2.65. The molecule has 1 heterocycles. The summed E-state index contributed by atoms with van der Waals surface area (Å²) in [5, 5.41) is 7.58. The number of carbonyl (C=O) groups excluding carboxylic acids is 2. The van der Waals surface area contributed by atoms with Crippen molar-refractivity contribution in [1.82, 2.24) is 10.3 Å². The van der Waals surface area contributed by atoms with Crippen LogP contribution in [0.3, 0.4) is 0 Å². The van der Waals surface area contributed by atoms with E-state index in [1.165, 1.54) is 6.21 Å². The summed E-state index contributed by atoms with van der Waals surface area (Å²) in [4.78, 5) is 25.1. The highest BCUT2D eigenvalue weighted by molar-refractivity contribution is 6.07. The average molecular weight is 347 g/mol. The summed E-state index contributed by atoms with van der Waals surface area (Å²) in [6, 6.07) is 15.5. The van der Waals surface area contributed by atoms with Crippen LogP contribution in [0.1, 0.15) is 18.1 Å². The Hall–Kier alpha value is -3.59. The first-order chi connectivity index (χ1) is 12.6. The summed E-state index contributed by atoms with van der Waals surface area (Å²) in [6.45, 7) is 1.77. The van der Waals surface area contributed by atoms with Crippen LogP contribution in [0.5, 0.6) is 5.75 Å². The molecular formula is C20H17N3O3. The summed E-state index contributed by atoms with van der Waals surface area (Å²) in [7, 11) is 0. The monoisotopic (exact) mass is 347 g/mol. The second-order valence-corrected chi connectivity index (χ2v) is 5.81. The minimum absolute atomic E-state index is 0.111. The molecule has 1 atom stereocenters. The molecule has 0 aliphatic carbocycles. The highest BCUT2D eigenvalue weighted by Gasteiger charge is 2.49. The van der Waals surface area contributed by atoms with Gasteiger partial charge in [-0.2, -0.15) is 5.10 Å². The molecule has 130 valence electrons. The van der Waals surface area contributed by atoms with E-state index < -0.39 is 17.5 Å². The standard InChI is InChI=1S/C20H17N3O3/c1-3-13-26-17-12-8-7-9-15(17)14-21-23-18(24)20(2,22-19(23)25)16-10-5-4-6-11-16/h1,4-12,14H,13H2,2H3,(H,22,25)/b21-14-/t20-/m1/s1. The van der Waals surface area contributed by atoms with Crippen molar-refractivity contribution in [1.29, 1.82) is 0 Å². The van der Waals surface area contributed by atoms with Crippen LogP contribution in [0.25, 0.3) is 0 Å². The van der Waals surface area contributed by atoms with Gasteiger partial charge < -0.3 is 10.1 Å². The van der Waals surface area contributed by atoms with E-state index in [2.05, 4.69) is 16.3 Å². The molecule has 3 amide bonds. The van der Waals surface area contributed by atoms with Crippen LogP contribution >= 0.6 is 0 Å². The van der Waals surface area contributed by atoms with Crippen LogP contribution in [0, 0.1) is 12.3 Å². The Morgan fingerprint density at radius 2 is 1.88 bits per heavy atom. The van der Waals surface area contributed by atoms with Crippen molar-refractivity contribution in [2.75, 3.05) is 6.61 Å². The first kappa shape index (κ1) is 17.2. The number of nitrogens with zero attached hydrogens (tertiary/aromatic N) is 2. The van der Waals surface area contributed by atoms with E-state index in [0.717, 1.165) is 5.01 Å². The summed E-state index contributed by atoms with van der Waals surface area (Å²) >= 11 is 0. The molecule has 1 aliphatic heterocycles. The first-order valence-corrected chi connectivity index (χ1v) is 7.98. The lowest BCUT2D eigenvalue weighted by molar-refractivity contribution is -0.131. The minimum Gasteiger partial charge on any atom is -0.480 e. The van der Waals surface area contributed by atoms with E-state index in [1.807, 2.05) is 18.2 Å². The molecule has 0 aromatic heterocycles. The number of nitrogens with one attached hydrogen (secondary N) is 1. The molecule has 2 aromatic rings. The lowest BCUT2D eigenvalue weighted by Crippen LogP contribution is -2.40. The van der Waals surface area contributed by atoms with E-state index >= 15 is 0 Å². The summed E-state index contributed by atoms with van der Waals surface area (Å²) in [5.41, 5.74) is 0.139. The van der Waals surface area contributed by atoms with Gasteiger partial charge in [-0.3, -0.25) is 4.79 Å². The minimum atomic E-state index is -1.16. The number of hydrazone groups is 1. The van der Waals surface area contributed by atoms with E-state index in [9.17, 15) is 9.59 Å². The molecule has 2 aromatic carbocycles. The van der Waals surface area contributed by atoms with Gasteiger partial charge in [-0.25, -0.2) is 4.79 Å². The number of imide groups is 1. The molecule has 1 fully saturated rings. The zero-order valence-electron chi connectivity index (χ0n) is 14.2. The van der Waals surface area contributed by atoms with Crippen molar-refractivity contribution in [2.24, 2.45) is 5.10 Å². The molecule has 0 unspecified atom stereocenters. The van der Waals surface area contributed by atoms with Gasteiger partial charge in [-0.15, -0.1) is 11.4 Å². The number of para-hydroxylation sites is 1. The van der Waals surface area contributed by atoms with Crippen LogP contribution in [0.2, 0.25) is 0 Å². The van der Waals surface area contributed by atoms with Crippen molar-refractivity contribution >= 4 is 18.2 Å². The Kier molecular flexibility index (Phi) is 4.72. The normalized spacial score (nSPS) is 19.5. The van der Waals surface area contributed by atoms with E-state index in [-0.39, 0.29) is 6.61 Å². The number of terminal acetylenes is 1. The zero-order valence-corrected chi connectivity index (χ0v) is 14.2. The Balaban J connectivity index is 1.85. The second kappa shape index (κ2) is 7.11. The third kappa shape index (κ3) is 3.15. The molecule has 6 heteroatoms. The maximum absolute atomic E-state index is 12.8. The van der Waals surface area contributed by atoms with Gasteiger partial charge in [0.25, 0.3) is 5.91 Å². The van der Waals surface area contributed by atoms with Crippen molar-refractivity contribution in [2.45, 2.75) is 12.5 Å². The van der Waals surface area contributed by atoms with E-state index in [4.69, 9.17) is 11.2 Å². The molecule has 0 spiro atoms. The van der Waals surface area contributed by atoms with Crippen molar-refractivity contribution in [3.63, 3.8) is 0 Å². The van der Waals surface area contributed by atoms with Crippen LogP contribution in [-0.2, 0) is 10.3 Å². The molecule has 1 saturated heterocycles. The fourth-order valence-corrected chi connectivity index (χ4v) is 2.65. The van der Waals surface area contributed by atoms with Gasteiger partial charge in [0.1, 0.15) is 17.9 Å². The SMILES string of the molecule is C#CCOc1ccccc1/C=N\N1C(=O)N[C@](C)(c2ccccc2)C1=O. The van der Waals surface area contributed by atoms with Gasteiger partial charge in [0.05, 0.1) is 6.21 Å². The van der Waals surface area contributed by atoms with Gasteiger partial charge in [0.2, 0.25) is 0 Å². The number of amides is 3. The average Bonchev–Trinajstić information content (AvgIpc) is 2.89. The number of hydrogen-bond acceptors (Lipinski definition) is 4. The lowest BCUT2D eigenvalue weighted by atomic mass is 9.92. The van der Waals surface area contributed by atoms with Crippen LogP contribution in [0.15, 0.2) is 59.7 Å². The molecular weight excluding hydrogens is 330 g/mol. The third-order valence-corrected chi connectivity index (χ3v) is 4.06. The summed E-state index contributed by atoms with van der Waals surface area (Å²) in [5.74, 6) is 2.46. The molecule has 0 bridgehead atoms. The lowest BCUT2D eigenvalue weighted by Gasteiger charge is -2.20. The predicted octanol–water partition coefficient (Wildman–Crippen LogP) is 2.50. The summed E-state index contributed by atoms with van der Waals surface area (Å²) in [6.07, 6.45) is 6.61. The van der Waals surface area contributed by atoms with E-state index in [0.29, 0.717) is 16.9 Å². The number of urea groups is 1. The molecule has 0 saturated carbocycles. The number of ether oxygens (including phenoxy) is 1. The smallest absolute Gasteiger partial charge is 0.346 e. The van der Waals surface area contributed by atoms with Gasteiger partial charge in [0.15, 0.2) is 0 Å². The van der Waals surface area contributed by atoms with Crippen molar-refractivity contribution in [3.05, 3.63) is 65.7 Å². The second-order valence-electron chi connectivity index (χ2n) is 5.81. The molecule has 1 aliphatic rings. The highest BCUT2D eigenvalue weighted by atomic mass is 16.5. The Morgan fingerprint density at radius 1 is 1.19 bits per heavy atom. The van der Waals surface area contributed by atoms with Crippen LogP contribution in [-0.4, -0.2) is 29.8 Å². The van der Waals surface area contributed by atoms with Crippen molar-refractivity contribution in [3.8, 4) is 18.1 Å². The third-order valence-electron chi connectivity index (χ3n) is 4.06. The Labute approximate surface area is 151 Å². The number of hydrogen-bond donors (Lipinski definition) is 1. The highest BCUT2D eigenvalue weighted by Crippen LogP contribution is 2.28. The molecule has 26 heavy (non-hydrogen) atoms. The van der Waals surface area contributed by atoms with Gasteiger partial charge in [-0.1, -0.05) is 48.4 Å². The number of benzene rings is 2. The number of rotatable bonds is 5.